The number of methoxy groups -OCH3 is 1. The van der Waals surface area contributed by atoms with Gasteiger partial charge in [-0.1, -0.05) is 11.6 Å². The fourth-order valence-corrected chi connectivity index (χ4v) is 2.78. The minimum absolute atomic E-state index is 0.337. The third-order valence-electron chi connectivity index (χ3n) is 3.70. The second-order valence-corrected chi connectivity index (χ2v) is 5.66. The van der Waals surface area contributed by atoms with Gasteiger partial charge >= 0.3 is 5.97 Å². The summed E-state index contributed by atoms with van der Waals surface area (Å²) >= 11 is 6.36. The molecule has 0 atom stereocenters. The van der Waals surface area contributed by atoms with E-state index in [0.717, 1.165) is 16.8 Å². The molecule has 0 bridgehead atoms. The van der Waals surface area contributed by atoms with Crippen molar-refractivity contribution in [3.05, 3.63) is 59.2 Å². The molecule has 0 spiro atoms. The van der Waals surface area contributed by atoms with Gasteiger partial charge in [-0.2, -0.15) is 0 Å². The van der Waals surface area contributed by atoms with Crippen molar-refractivity contribution in [3.8, 4) is 5.75 Å². The van der Waals surface area contributed by atoms with Crippen molar-refractivity contribution in [2.75, 3.05) is 19.0 Å². The van der Waals surface area contributed by atoms with Crippen molar-refractivity contribution < 1.29 is 14.3 Å². The molecule has 0 saturated carbocycles. The highest BCUT2D eigenvalue weighted by Crippen LogP contribution is 2.36. The minimum atomic E-state index is -0.337. The van der Waals surface area contributed by atoms with Crippen LogP contribution in [-0.4, -0.2) is 24.7 Å². The number of carbonyl (C=O) groups excluding carboxylic acids is 1. The van der Waals surface area contributed by atoms with Gasteiger partial charge in [-0.25, -0.2) is 4.79 Å². The number of pyridine rings is 1. The Balaban J connectivity index is 1.94. The van der Waals surface area contributed by atoms with Crippen LogP contribution < -0.4 is 10.1 Å². The highest BCUT2D eigenvalue weighted by Gasteiger charge is 2.12. The molecular formula is C19H17ClN2O3. The van der Waals surface area contributed by atoms with Crippen LogP contribution in [0.5, 0.6) is 5.75 Å². The number of carbonyl (C=O) groups is 1. The molecule has 1 aromatic heterocycles. The van der Waals surface area contributed by atoms with Crippen molar-refractivity contribution in [2.45, 2.75) is 6.92 Å². The van der Waals surface area contributed by atoms with Crippen LogP contribution in [0.2, 0.25) is 5.02 Å². The fraction of sp³-hybridized carbons (Fsp3) is 0.158. The van der Waals surface area contributed by atoms with Crippen LogP contribution in [0.1, 0.15) is 17.3 Å². The Morgan fingerprint density at radius 1 is 1.16 bits per heavy atom. The monoisotopic (exact) mass is 356 g/mol. The van der Waals surface area contributed by atoms with E-state index < -0.39 is 0 Å². The highest BCUT2D eigenvalue weighted by molar-refractivity contribution is 6.36. The first-order valence-corrected chi connectivity index (χ1v) is 8.17. The summed E-state index contributed by atoms with van der Waals surface area (Å²) in [5.74, 6) is 0.317. The number of ether oxygens (including phenoxy) is 2. The van der Waals surface area contributed by atoms with Crippen molar-refractivity contribution >= 4 is 39.8 Å². The lowest BCUT2D eigenvalue weighted by molar-refractivity contribution is 0.0526. The van der Waals surface area contributed by atoms with Crippen molar-refractivity contribution in [1.82, 2.24) is 4.98 Å². The molecule has 0 radical (unpaired) electrons. The molecule has 3 aromatic rings. The predicted octanol–water partition coefficient (Wildman–Crippen LogP) is 4.82. The number of hydrogen-bond donors (Lipinski definition) is 1. The molecule has 5 nitrogen and oxygen atoms in total. The number of aromatic nitrogens is 1. The Morgan fingerprint density at radius 3 is 2.60 bits per heavy atom. The van der Waals surface area contributed by atoms with Crippen LogP contribution in [0.15, 0.2) is 48.7 Å². The van der Waals surface area contributed by atoms with E-state index in [4.69, 9.17) is 21.1 Å². The second-order valence-electron chi connectivity index (χ2n) is 5.25. The minimum Gasteiger partial charge on any atom is -0.494 e. The highest BCUT2D eigenvalue weighted by atomic mass is 35.5. The fourth-order valence-electron chi connectivity index (χ4n) is 2.53. The first-order chi connectivity index (χ1) is 12.1. The molecule has 0 aliphatic heterocycles. The van der Waals surface area contributed by atoms with E-state index >= 15 is 0 Å². The average molecular weight is 357 g/mol. The van der Waals surface area contributed by atoms with Crippen LogP contribution in [0.25, 0.3) is 10.9 Å². The number of benzene rings is 2. The summed E-state index contributed by atoms with van der Waals surface area (Å²) in [7, 11) is 1.60. The van der Waals surface area contributed by atoms with Gasteiger partial charge in [0.25, 0.3) is 0 Å². The molecule has 1 heterocycles. The molecule has 0 saturated heterocycles. The molecule has 0 aliphatic rings. The van der Waals surface area contributed by atoms with Crippen molar-refractivity contribution in [3.63, 3.8) is 0 Å². The molecule has 1 N–H and O–H groups in total. The lowest BCUT2D eigenvalue weighted by Crippen LogP contribution is -2.04. The molecule has 25 heavy (non-hydrogen) atoms. The van der Waals surface area contributed by atoms with E-state index in [-0.39, 0.29) is 5.97 Å². The summed E-state index contributed by atoms with van der Waals surface area (Å²) in [5.41, 5.74) is 2.81. The second kappa shape index (κ2) is 7.40. The first kappa shape index (κ1) is 17.0. The molecule has 0 aliphatic carbocycles. The Bertz CT molecular complexity index is 910. The van der Waals surface area contributed by atoms with Gasteiger partial charge in [0.2, 0.25) is 0 Å². The first-order valence-electron chi connectivity index (χ1n) is 7.79. The summed E-state index contributed by atoms with van der Waals surface area (Å²) in [6.45, 7) is 2.13. The van der Waals surface area contributed by atoms with Gasteiger partial charge < -0.3 is 14.8 Å². The number of nitrogens with one attached hydrogen (secondary N) is 1. The Labute approximate surface area is 150 Å². The van der Waals surface area contributed by atoms with Crippen molar-refractivity contribution in [2.24, 2.45) is 0 Å². The van der Waals surface area contributed by atoms with E-state index in [1.807, 2.05) is 18.2 Å². The standard InChI is InChI=1S/C19H17ClN2O3/c1-3-25-19(23)12-4-6-13(7-5-12)22-15-10-11-21-18-16(24-2)9-8-14(20)17(15)18/h4-11H,3H2,1-2H3,(H,21,22). The maximum absolute atomic E-state index is 11.7. The molecule has 0 unspecified atom stereocenters. The smallest absolute Gasteiger partial charge is 0.338 e. The molecule has 128 valence electrons. The van der Waals surface area contributed by atoms with Crippen molar-refractivity contribution in [1.29, 1.82) is 0 Å². The van der Waals surface area contributed by atoms with Gasteiger partial charge in [-0.3, -0.25) is 4.98 Å². The van der Waals surface area contributed by atoms with E-state index in [1.165, 1.54) is 0 Å². The zero-order chi connectivity index (χ0) is 17.8. The Kier molecular flexibility index (Phi) is 5.05. The molecule has 2 aromatic carbocycles. The van der Waals surface area contributed by atoms with Gasteiger partial charge in [0, 0.05) is 17.3 Å². The molecule has 3 rings (SSSR count). The Morgan fingerprint density at radius 2 is 1.92 bits per heavy atom. The summed E-state index contributed by atoms with van der Waals surface area (Å²) in [4.78, 5) is 16.1. The maximum Gasteiger partial charge on any atom is 0.338 e. The maximum atomic E-state index is 11.7. The number of rotatable bonds is 5. The zero-order valence-electron chi connectivity index (χ0n) is 13.9. The normalized spacial score (nSPS) is 10.5. The summed E-state index contributed by atoms with van der Waals surface area (Å²) in [5, 5.41) is 4.66. The largest absolute Gasteiger partial charge is 0.494 e. The summed E-state index contributed by atoms with van der Waals surface area (Å²) in [6, 6.07) is 12.5. The molecule has 0 fully saturated rings. The van der Waals surface area contributed by atoms with Crippen LogP contribution in [0.3, 0.4) is 0 Å². The number of hydrogen-bond acceptors (Lipinski definition) is 5. The lowest BCUT2D eigenvalue weighted by atomic mass is 10.1. The number of halogens is 1. The molecule has 0 amide bonds. The topological polar surface area (TPSA) is 60.5 Å². The van der Waals surface area contributed by atoms with E-state index in [0.29, 0.717) is 28.5 Å². The summed E-state index contributed by atoms with van der Waals surface area (Å²) in [6.07, 6.45) is 1.69. The number of anilines is 2. The molecule has 6 heteroatoms. The lowest BCUT2D eigenvalue weighted by Gasteiger charge is -2.13. The SMILES string of the molecule is CCOC(=O)c1ccc(Nc2ccnc3c(OC)ccc(Cl)c23)cc1. The van der Waals surface area contributed by atoms with Gasteiger partial charge in [0.1, 0.15) is 11.3 Å². The Hall–Kier alpha value is -2.79. The van der Waals surface area contributed by atoms with Gasteiger partial charge in [-0.05, 0) is 49.4 Å². The van der Waals surface area contributed by atoms with E-state index in [1.54, 1.807) is 44.5 Å². The van der Waals surface area contributed by atoms with E-state index in [9.17, 15) is 4.79 Å². The number of fused-ring (bicyclic) bond motifs is 1. The van der Waals surface area contributed by atoms with Gasteiger partial charge in [-0.15, -0.1) is 0 Å². The van der Waals surface area contributed by atoms with Crippen LogP contribution >= 0.6 is 11.6 Å². The predicted molar refractivity (Wildman–Crippen MR) is 99.0 cm³/mol. The number of nitrogens with zero attached hydrogens (tertiary/aromatic N) is 1. The summed E-state index contributed by atoms with van der Waals surface area (Å²) < 4.78 is 10.3. The van der Waals surface area contributed by atoms with Crippen LogP contribution in [0.4, 0.5) is 11.4 Å². The quantitative estimate of drug-likeness (QED) is 0.664. The molecular weight excluding hydrogens is 340 g/mol. The van der Waals surface area contributed by atoms with Gasteiger partial charge in [0.15, 0.2) is 0 Å². The van der Waals surface area contributed by atoms with E-state index in [2.05, 4.69) is 10.3 Å². The zero-order valence-corrected chi connectivity index (χ0v) is 14.6. The third kappa shape index (κ3) is 3.51. The van der Waals surface area contributed by atoms with Gasteiger partial charge in [0.05, 0.1) is 30.0 Å². The number of esters is 1. The third-order valence-corrected chi connectivity index (χ3v) is 4.01. The van der Waals surface area contributed by atoms with Crippen LogP contribution in [-0.2, 0) is 4.74 Å². The van der Waals surface area contributed by atoms with Crippen LogP contribution in [0, 0.1) is 0 Å². The average Bonchev–Trinajstić information content (AvgIpc) is 2.63.